The molecular weight excluding hydrogens is 406 g/mol. The van der Waals surface area contributed by atoms with Crippen LogP contribution in [0, 0.1) is 5.92 Å². The second kappa shape index (κ2) is 7.81. The zero-order valence-corrected chi connectivity index (χ0v) is 18.5. The number of thiazole rings is 1. The van der Waals surface area contributed by atoms with Gasteiger partial charge >= 0.3 is 6.03 Å². The van der Waals surface area contributed by atoms with E-state index in [0.717, 1.165) is 41.9 Å². The van der Waals surface area contributed by atoms with Crippen LogP contribution in [0.2, 0.25) is 0 Å². The van der Waals surface area contributed by atoms with Crippen LogP contribution in [-0.4, -0.2) is 16.1 Å². The third kappa shape index (κ3) is 4.39. The average Bonchev–Trinajstić information content (AvgIpc) is 3.17. The topological polar surface area (TPSA) is 91.7 Å². The van der Waals surface area contributed by atoms with Crippen LogP contribution in [-0.2, 0) is 33.2 Å². The number of aryl methyl sites for hydroxylation is 1. The quantitative estimate of drug-likeness (QED) is 0.642. The number of amides is 2. The summed E-state index contributed by atoms with van der Waals surface area (Å²) in [5.74, 6) is 1.06. The predicted molar refractivity (Wildman–Crippen MR) is 115 cm³/mol. The minimum Gasteiger partial charge on any atom is -0.439 e. The van der Waals surface area contributed by atoms with E-state index in [1.54, 1.807) is 13.8 Å². The molecule has 1 heterocycles. The number of fused-ring (bicyclic) bond motifs is 1. The van der Waals surface area contributed by atoms with Crippen LogP contribution in [0.25, 0.3) is 0 Å². The normalized spacial score (nSPS) is 18.5. The summed E-state index contributed by atoms with van der Waals surface area (Å²) >= 11 is 1.10. The molecule has 29 heavy (non-hydrogen) atoms. The molecule has 1 saturated carbocycles. The van der Waals surface area contributed by atoms with Gasteiger partial charge in [0.2, 0.25) is 0 Å². The number of benzene rings is 1. The zero-order chi connectivity index (χ0) is 20.8. The van der Waals surface area contributed by atoms with Crippen LogP contribution in [0.1, 0.15) is 67.6 Å². The summed E-state index contributed by atoms with van der Waals surface area (Å²) in [6.45, 7) is 5.44. The molecule has 0 bridgehead atoms. The highest BCUT2D eigenvalue weighted by Gasteiger charge is 2.32. The second-order valence-corrected chi connectivity index (χ2v) is 10.9. The number of hydrogen-bond donors (Lipinski definition) is 2. The lowest BCUT2D eigenvalue weighted by atomic mass is 9.91. The molecule has 2 aliphatic carbocycles. The van der Waals surface area contributed by atoms with Gasteiger partial charge in [0.15, 0.2) is 0 Å². The molecule has 2 aromatic rings. The summed E-state index contributed by atoms with van der Waals surface area (Å²) in [6, 6.07) is 3.72. The van der Waals surface area contributed by atoms with E-state index < -0.39 is 22.2 Å². The SMILES string of the molecule is C[C@H](c1ccc2c(c1NC(=O)N=[S-](=O)c1cnc(C(C)(C)O)s1)CCC2)C1CC1. The fourth-order valence-corrected chi connectivity index (χ4v) is 5.65. The van der Waals surface area contributed by atoms with Crippen molar-refractivity contribution in [1.29, 1.82) is 0 Å². The van der Waals surface area contributed by atoms with Gasteiger partial charge in [0.05, 0.1) is 0 Å². The first-order chi connectivity index (χ1) is 13.7. The molecule has 0 radical (unpaired) electrons. The summed E-state index contributed by atoms with van der Waals surface area (Å²) in [4.78, 5) is 16.7. The van der Waals surface area contributed by atoms with Crippen LogP contribution < -0.4 is 5.32 Å². The van der Waals surface area contributed by atoms with Gasteiger partial charge in [-0.05, 0) is 78.7 Å². The molecule has 0 spiro atoms. The van der Waals surface area contributed by atoms with Crippen LogP contribution in [0.3, 0.4) is 0 Å². The van der Waals surface area contributed by atoms with Crippen molar-refractivity contribution in [3.63, 3.8) is 0 Å². The molecule has 156 valence electrons. The van der Waals surface area contributed by atoms with Crippen molar-refractivity contribution >= 4 is 33.7 Å². The first-order valence-electron chi connectivity index (χ1n) is 10.0. The van der Waals surface area contributed by atoms with Crippen LogP contribution in [0.15, 0.2) is 26.9 Å². The highest BCUT2D eigenvalue weighted by molar-refractivity contribution is 7.78. The zero-order valence-electron chi connectivity index (χ0n) is 16.9. The summed E-state index contributed by atoms with van der Waals surface area (Å²) in [5.41, 5.74) is 3.39. The number of rotatable bonds is 5. The molecule has 1 fully saturated rings. The number of aromatic nitrogens is 1. The Balaban J connectivity index is 1.59. The van der Waals surface area contributed by atoms with Crippen molar-refractivity contribution in [1.82, 2.24) is 4.98 Å². The third-order valence-electron chi connectivity index (χ3n) is 5.71. The molecule has 1 atom stereocenters. The van der Waals surface area contributed by atoms with E-state index >= 15 is 0 Å². The van der Waals surface area contributed by atoms with Crippen LogP contribution >= 0.6 is 11.3 Å². The smallest absolute Gasteiger partial charge is 0.322 e. The van der Waals surface area contributed by atoms with Gasteiger partial charge in [-0.1, -0.05) is 19.1 Å². The highest BCUT2D eigenvalue weighted by Crippen LogP contribution is 2.46. The summed E-state index contributed by atoms with van der Waals surface area (Å²) in [6.07, 6.45) is 6.93. The number of hydrogen-bond acceptors (Lipinski definition) is 6. The standard InChI is InChI=1S/C21H26N3O3S2/c1-12(13-7-8-13)15-10-9-14-5-4-6-16(14)18(15)23-20(25)24-29(27)17-11-22-19(28-17)21(2,3)26/h9-13,26H,4-8H2,1-3H3,(H,23,25)/q-1/t12-/m0/s1. The lowest BCUT2D eigenvalue weighted by Crippen LogP contribution is -2.14. The van der Waals surface area contributed by atoms with Crippen molar-refractivity contribution in [3.8, 4) is 0 Å². The Labute approximate surface area is 177 Å². The molecule has 2 aliphatic rings. The van der Waals surface area contributed by atoms with E-state index in [4.69, 9.17) is 0 Å². The summed E-state index contributed by atoms with van der Waals surface area (Å²) in [5, 5.41) is 13.4. The predicted octanol–water partition coefficient (Wildman–Crippen LogP) is 5.11. The van der Waals surface area contributed by atoms with Gasteiger partial charge < -0.3 is 19.0 Å². The van der Waals surface area contributed by atoms with Crippen molar-refractivity contribution in [2.75, 3.05) is 5.32 Å². The van der Waals surface area contributed by atoms with Gasteiger partial charge in [0.25, 0.3) is 0 Å². The number of aliphatic hydroxyl groups is 1. The van der Waals surface area contributed by atoms with Crippen LogP contribution in [0.4, 0.5) is 10.5 Å². The van der Waals surface area contributed by atoms with E-state index in [9.17, 15) is 14.1 Å². The molecule has 6 nitrogen and oxygen atoms in total. The Bertz CT molecular complexity index is 1030. The lowest BCUT2D eigenvalue weighted by Gasteiger charge is -2.20. The minimum atomic E-state index is -1.86. The summed E-state index contributed by atoms with van der Waals surface area (Å²) in [7, 11) is -1.86. The molecule has 0 unspecified atom stereocenters. The first-order valence-corrected chi connectivity index (χ1v) is 11.9. The van der Waals surface area contributed by atoms with Gasteiger partial charge in [0.1, 0.15) is 10.6 Å². The Kier molecular flexibility index (Phi) is 5.52. The minimum absolute atomic E-state index is 0.349. The highest BCUT2D eigenvalue weighted by atomic mass is 32.2. The van der Waals surface area contributed by atoms with E-state index in [2.05, 4.69) is 33.7 Å². The van der Waals surface area contributed by atoms with Crippen LogP contribution in [0.5, 0.6) is 0 Å². The first kappa shape index (κ1) is 20.5. The van der Waals surface area contributed by atoms with Gasteiger partial charge in [-0.25, -0.2) is 9.78 Å². The second-order valence-electron chi connectivity index (χ2n) is 8.46. The Hall–Kier alpha value is -1.77. The number of nitrogens with zero attached hydrogens (tertiary/aromatic N) is 2. The largest absolute Gasteiger partial charge is 0.439 e. The monoisotopic (exact) mass is 432 g/mol. The van der Waals surface area contributed by atoms with E-state index in [0.29, 0.717) is 21.1 Å². The molecule has 8 heteroatoms. The van der Waals surface area contributed by atoms with Crippen molar-refractivity contribution in [3.05, 3.63) is 40.0 Å². The molecule has 1 aromatic heterocycles. The fraction of sp³-hybridized carbons (Fsp3) is 0.524. The third-order valence-corrected chi connectivity index (χ3v) is 8.28. The number of anilines is 1. The molecule has 1 aromatic carbocycles. The fourth-order valence-electron chi connectivity index (χ4n) is 3.93. The number of nitrogens with one attached hydrogen (secondary N) is 1. The molecule has 0 saturated heterocycles. The van der Waals surface area contributed by atoms with Gasteiger partial charge in [-0.2, -0.15) is 0 Å². The van der Waals surface area contributed by atoms with Gasteiger partial charge in [-0.15, -0.1) is 21.9 Å². The molecule has 4 rings (SSSR count). The number of carbonyl (C=O) groups excluding carboxylic acids is 1. The molecule has 2 amide bonds. The van der Waals surface area contributed by atoms with E-state index in [1.165, 1.54) is 30.2 Å². The van der Waals surface area contributed by atoms with E-state index in [1.807, 2.05) is 0 Å². The number of urea groups is 1. The van der Waals surface area contributed by atoms with Crippen molar-refractivity contribution < 1.29 is 14.1 Å². The maximum absolute atomic E-state index is 12.6. The Morgan fingerprint density at radius 3 is 2.79 bits per heavy atom. The Morgan fingerprint density at radius 2 is 2.14 bits per heavy atom. The van der Waals surface area contributed by atoms with E-state index in [-0.39, 0.29) is 0 Å². The Morgan fingerprint density at radius 1 is 1.38 bits per heavy atom. The maximum atomic E-state index is 12.6. The van der Waals surface area contributed by atoms with Crippen molar-refractivity contribution in [2.45, 2.75) is 68.6 Å². The maximum Gasteiger partial charge on any atom is 0.322 e. The molecule has 2 N–H and O–H groups in total. The lowest BCUT2D eigenvalue weighted by molar-refractivity contribution is 0.0783. The van der Waals surface area contributed by atoms with Gasteiger partial charge in [-0.3, -0.25) is 0 Å². The molecule has 0 aliphatic heterocycles. The summed E-state index contributed by atoms with van der Waals surface area (Å²) < 4.78 is 16.7. The average molecular weight is 433 g/mol. The number of carbonyl (C=O) groups is 1. The van der Waals surface area contributed by atoms with Gasteiger partial charge in [0, 0.05) is 11.9 Å². The van der Waals surface area contributed by atoms with Crippen molar-refractivity contribution in [2.24, 2.45) is 10.3 Å². The molecular formula is C21H26N3O3S2-.